The fourth-order valence-electron chi connectivity index (χ4n) is 1.62. The summed E-state index contributed by atoms with van der Waals surface area (Å²) in [7, 11) is 1.62. The van der Waals surface area contributed by atoms with Gasteiger partial charge in [0, 0.05) is 20.4 Å². The van der Waals surface area contributed by atoms with Gasteiger partial charge in [-0.1, -0.05) is 28.5 Å². The van der Waals surface area contributed by atoms with Crippen LogP contribution in [0.4, 0.5) is 0 Å². The summed E-state index contributed by atoms with van der Waals surface area (Å²) in [4.78, 5) is 1.87. The molecule has 0 aliphatic carbocycles. The Balaban J connectivity index is 2.32. The zero-order chi connectivity index (χ0) is 14.5. The molecule has 2 aromatic rings. The largest absolute Gasteiger partial charge is 0.497 e. The van der Waals surface area contributed by atoms with E-state index in [1.54, 1.807) is 19.2 Å². The number of hydrogen-bond acceptors (Lipinski definition) is 4. The van der Waals surface area contributed by atoms with Crippen LogP contribution in [-0.4, -0.2) is 18.2 Å². The van der Waals surface area contributed by atoms with Crippen molar-refractivity contribution in [1.82, 2.24) is 0 Å². The predicted octanol–water partition coefficient (Wildman–Crippen LogP) is 3.59. The summed E-state index contributed by atoms with van der Waals surface area (Å²) in [5, 5.41) is 12.4. The van der Waals surface area contributed by atoms with Crippen molar-refractivity contribution in [2.24, 2.45) is 10.9 Å². The molecular weight excluding hydrogens is 296 g/mol. The molecule has 0 fully saturated rings. The number of benzene rings is 2. The number of amidine groups is 1. The molecule has 0 spiro atoms. The summed E-state index contributed by atoms with van der Waals surface area (Å²) >= 11 is 7.44. The molecule has 0 heterocycles. The molecule has 0 unspecified atom stereocenters. The summed E-state index contributed by atoms with van der Waals surface area (Å²) in [5.41, 5.74) is 6.27. The number of nitrogens with two attached hydrogens (primary N) is 1. The van der Waals surface area contributed by atoms with Gasteiger partial charge in [0.25, 0.3) is 0 Å². The van der Waals surface area contributed by atoms with Crippen molar-refractivity contribution >= 4 is 29.2 Å². The zero-order valence-corrected chi connectivity index (χ0v) is 12.3. The topological polar surface area (TPSA) is 67.8 Å². The number of ether oxygens (including phenoxy) is 1. The van der Waals surface area contributed by atoms with Crippen molar-refractivity contribution in [2.45, 2.75) is 9.79 Å². The van der Waals surface area contributed by atoms with Gasteiger partial charge in [-0.25, -0.2) is 0 Å². The van der Waals surface area contributed by atoms with Crippen molar-refractivity contribution in [3.63, 3.8) is 0 Å². The Labute approximate surface area is 126 Å². The molecule has 0 amide bonds. The number of methoxy groups -OCH3 is 1. The smallest absolute Gasteiger partial charge is 0.171 e. The lowest BCUT2D eigenvalue weighted by molar-refractivity contribution is 0.318. The van der Waals surface area contributed by atoms with E-state index in [0.29, 0.717) is 10.6 Å². The maximum atomic E-state index is 8.83. The van der Waals surface area contributed by atoms with Crippen LogP contribution in [0.3, 0.4) is 0 Å². The second-order valence-electron chi connectivity index (χ2n) is 3.90. The van der Waals surface area contributed by atoms with Gasteiger partial charge in [0.1, 0.15) is 5.75 Å². The Bertz CT molecular complexity index is 630. The van der Waals surface area contributed by atoms with Gasteiger partial charge in [-0.3, -0.25) is 0 Å². The van der Waals surface area contributed by atoms with E-state index in [2.05, 4.69) is 5.16 Å². The molecule has 0 saturated carbocycles. The standard InChI is InChI=1S/C14H13ClN2O2S/c1-19-10-3-5-11(6-4-10)20-13-7-2-9(15)8-12(13)14(16)17-18/h2-8,18H,1H3,(H2,16,17). The highest BCUT2D eigenvalue weighted by molar-refractivity contribution is 7.99. The summed E-state index contributed by atoms with van der Waals surface area (Å²) in [6.07, 6.45) is 0. The molecule has 6 heteroatoms. The second-order valence-corrected chi connectivity index (χ2v) is 5.46. The molecule has 3 N–H and O–H groups in total. The molecular formula is C14H13ClN2O2S. The minimum Gasteiger partial charge on any atom is -0.497 e. The summed E-state index contributed by atoms with van der Waals surface area (Å²) < 4.78 is 5.12. The highest BCUT2D eigenvalue weighted by atomic mass is 35.5. The Morgan fingerprint density at radius 3 is 2.55 bits per heavy atom. The third-order valence-corrected chi connectivity index (χ3v) is 3.93. The van der Waals surface area contributed by atoms with Gasteiger partial charge in [0.05, 0.1) is 7.11 Å². The van der Waals surface area contributed by atoms with Crippen LogP contribution in [0.1, 0.15) is 5.56 Å². The molecule has 2 rings (SSSR count). The molecule has 0 bridgehead atoms. The number of oxime groups is 1. The Morgan fingerprint density at radius 1 is 1.25 bits per heavy atom. The average molecular weight is 309 g/mol. The van der Waals surface area contributed by atoms with Crippen molar-refractivity contribution in [3.8, 4) is 5.75 Å². The van der Waals surface area contributed by atoms with Crippen LogP contribution in [0.2, 0.25) is 5.02 Å². The van der Waals surface area contributed by atoms with Gasteiger partial charge < -0.3 is 15.7 Å². The molecule has 0 aromatic heterocycles. The van der Waals surface area contributed by atoms with Crippen LogP contribution >= 0.6 is 23.4 Å². The second kappa shape index (κ2) is 6.54. The van der Waals surface area contributed by atoms with E-state index in [1.807, 2.05) is 30.3 Å². The molecule has 20 heavy (non-hydrogen) atoms. The maximum Gasteiger partial charge on any atom is 0.171 e. The molecule has 0 aliphatic rings. The van der Waals surface area contributed by atoms with Crippen LogP contribution < -0.4 is 10.5 Å². The fraction of sp³-hybridized carbons (Fsp3) is 0.0714. The fourth-order valence-corrected chi connectivity index (χ4v) is 2.72. The number of hydrogen-bond donors (Lipinski definition) is 2. The van der Waals surface area contributed by atoms with E-state index >= 15 is 0 Å². The monoisotopic (exact) mass is 308 g/mol. The van der Waals surface area contributed by atoms with Crippen LogP contribution in [0, 0.1) is 0 Å². The highest BCUT2D eigenvalue weighted by Gasteiger charge is 2.09. The molecule has 104 valence electrons. The lowest BCUT2D eigenvalue weighted by Gasteiger charge is -2.09. The normalized spacial score (nSPS) is 11.4. The van der Waals surface area contributed by atoms with E-state index in [0.717, 1.165) is 15.5 Å². The van der Waals surface area contributed by atoms with E-state index in [4.69, 9.17) is 27.3 Å². The highest BCUT2D eigenvalue weighted by Crippen LogP contribution is 2.32. The van der Waals surface area contributed by atoms with Crippen LogP contribution in [0.15, 0.2) is 57.4 Å². The SMILES string of the molecule is COc1ccc(Sc2ccc(Cl)cc2C(N)=NO)cc1. The van der Waals surface area contributed by atoms with Crippen LogP contribution in [0.5, 0.6) is 5.75 Å². The molecule has 4 nitrogen and oxygen atoms in total. The van der Waals surface area contributed by atoms with E-state index in [9.17, 15) is 0 Å². The van der Waals surface area contributed by atoms with Crippen LogP contribution in [0.25, 0.3) is 0 Å². The Morgan fingerprint density at radius 2 is 1.95 bits per heavy atom. The lowest BCUT2D eigenvalue weighted by atomic mass is 10.2. The van der Waals surface area contributed by atoms with Gasteiger partial charge in [0.2, 0.25) is 0 Å². The third kappa shape index (κ3) is 3.37. The van der Waals surface area contributed by atoms with Crippen molar-refractivity contribution in [3.05, 3.63) is 53.1 Å². The Kier molecular flexibility index (Phi) is 4.76. The van der Waals surface area contributed by atoms with E-state index in [1.165, 1.54) is 11.8 Å². The maximum absolute atomic E-state index is 8.83. The first kappa shape index (κ1) is 14.6. The molecule has 0 atom stereocenters. The van der Waals surface area contributed by atoms with Gasteiger partial charge in [0.15, 0.2) is 5.84 Å². The predicted molar refractivity (Wildman–Crippen MR) is 81.1 cm³/mol. The average Bonchev–Trinajstić information content (AvgIpc) is 2.49. The first-order chi connectivity index (χ1) is 9.63. The first-order valence-electron chi connectivity index (χ1n) is 5.73. The van der Waals surface area contributed by atoms with Crippen molar-refractivity contribution < 1.29 is 9.94 Å². The lowest BCUT2D eigenvalue weighted by Crippen LogP contribution is -2.14. The van der Waals surface area contributed by atoms with Gasteiger partial charge >= 0.3 is 0 Å². The van der Waals surface area contributed by atoms with Gasteiger partial charge in [-0.15, -0.1) is 0 Å². The first-order valence-corrected chi connectivity index (χ1v) is 6.93. The minimum atomic E-state index is 0.0310. The molecule has 2 aromatic carbocycles. The van der Waals surface area contributed by atoms with Gasteiger partial charge in [-0.05, 0) is 42.5 Å². The van der Waals surface area contributed by atoms with Gasteiger partial charge in [-0.2, -0.15) is 0 Å². The number of nitrogens with zero attached hydrogens (tertiary/aromatic N) is 1. The van der Waals surface area contributed by atoms with Crippen molar-refractivity contribution in [2.75, 3.05) is 7.11 Å². The third-order valence-electron chi connectivity index (χ3n) is 2.61. The van der Waals surface area contributed by atoms with E-state index in [-0.39, 0.29) is 5.84 Å². The number of rotatable bonds is 4. The summed E-state index contributed by atoms with van der Waals surface area (Å²) in [5.74, 6) is 0.825. The molecule has 0 aliphatic heterocycles. The summed E-state index contributed by atoms with van der Waals surface area (Å²) in [6, 6.07) is 12.9. The van der Waals surface area contributed by atoms with E-state index < -0.39 is 0 Å². The molecule has 0 radical (unpaired) electrons. The zero-order valence-electron chi connectivity index (χ0n) is 10.7. The quantitative estimate of drug-likeness (QED) is 0.392. The molecule has 0 saturated heterocycles. The Hall–Kier alpha value is -1.85. The van der Waals surface area contributed by atoms with Crippen LogP contribution in [-0.2, 0) is 0 Å². The summed E-state index contributed by atoms with van der Waals surface area (Å²) in [6.45, 7) is 0. The minimum absolute atomic E-state index is 0.0310. The number of halogens is 1. The van der Waals surface area contributed by atoms with Crippen molar-refractivity contribution in [1.29, 1.82) is 0 Å².